The summed E-state index contributed by atoms with van der Waals surface area (Å²) in [6.07, 6.45) is 3.07. The van der Waals surface area contributed by atoms with Gasteiger partial charge in [0.15, 0.2) is 0 Å². The van der Waals surface area contributed by atoms with Crippen LogP contribution in [0, 0.1) is 0 Å². The SMILES string of the molecule is CCN(CC)CCc1c[nH]c2cc(OC(C)=O)ccc12. The summed E-state index contributed by atoms with van der Waals surface area (Å²) in [6, 6.07) is 5.73. The smallest absolute Gasteiger partial charge is 0.308 e. The van der Waals surface area contributed by atoms with Crippen molar-refractivity contribution in [3.63, 3.8) is 0 Å². The summed E-state index contributed by atoms with van der Waals surface area (Å²) in [5.74, 6) is 0.291. The second-order valence-electron chi connectivity index (χ2n) is 4.89. The predicted octanol–water partition coefficient (Wildman–Crippen LogP) is 2.98. The Balaban J connectivity index is 2.14. The van der Waals surface area contributed by atoms with E-state index >= 15 is 0 Å². The third-order valence-corrected chi connectivity index (χ3v) is 3.59. The average Bonchev–Trinajstić information content (AvgIpc) is 2.82. The summed E-state index contributed by atoms with van der Waals surface area (Å²) < 4.78 is 5.10. The molecule has 4 nitrogen and oxygen atoms in total. The Hall–Kier alpha value is -1.81. The van der Waals surface area contributed by atoms with Crippen molar-refractivity contribution in [2.24, 2.45) is 0 Å². The third-order valence-electron chi connectivity index (χ3n) is 3.59. The number of rotatable bonds is 6. The fourth-order valence-corrected chi connectivity index (χ4v) is 2.42. The van der Waals surface area contributed by atoms with Gasteiger partial charge in [-0.1, -0.05) is 13.8 Å². The lowest BCUT2D eigenvalue weighted by Gasteiger charge is -2.17. The number of nitrogens with one attached hydrogen (secondary N) is 1. The Morgan fingerprint density at radius 1 is 1.30 bits per heavy atom. The first-order valence-electron chi connectivity index (χ1n) is 7.14. The zero-order chi connectivity index (χ0) is 14.5. The summed E-state index contributed by atoms with van der Waals surface area (Å²) in [4.78, 5) is 16.6. The lowest BCUT2D eigenvalue weighted by Crippen LogP contribution is -2.25. The molecule has 1 aromatic heterocycles. The van der Waals surface area contributed by atoms with Gasteiger partial charge in [0.1, 0.15) is 5.75 Å². The molecular formula is C16H22N2O2. The van der Waals surface area contributed by atoms with Gasteiger partial charge in [0.05, 0.1) is 0 Å². The number of H-pyrrole nitrogens is 1. The molecule has 1 aromatic carbocycles. The third kappa shape index (κ3) is 3.39. The molecule has 0 fully saturated rings. The summed E-state index contributed by atoms with van der Waals surface area (Å²) in [6.45, 7) is 9.00. The lowest BCUT2D eigenvalue weighted by molar-refractivity contribution is -0.131. The molecule has 0 aliphatic carbocycles. The minimum atomic E-state index is -0.294. The molecule has 4 heteroatoms. The van der Waals surface area contributed by atoms with E-state index in [4.69, 9.17) is 4.74 Å². The topological polar surface area (TPSA) is 45.3 Å². The molecule has 0 aliphatic heterocycles. The Kier molecular flexibility index (Phi) is 4.79. The van der Waals surface area contributed by atoms with E-state index in [0.29, 0.717) is 5.75 Å². The largest absolute Gasteiger partial charge is 0.427 e. The second-order valence-corrected chi connectivity index (χ2v) is 4.89. The minimum Gasteiger partial charge on any atom is -0.427 e. The number of hydrogen-bond acceptors (Lipinski definition) is 3. The van der Waals surface area contributed by atoms with Gasteiger partial charge in [0.25, 0.3) is 0 Å². The van der Waals surface area contributed by atoms with Gasteiger partial charge in [0, 0.05) is 36.6 Å². The molecule has 1 N–H and O–H groups in total. The molecular weight excluding hydrogens is 252 g/mol. The molecule has 0 aliphatic rings. The van der Waals surface area contributed by atoms with Crippen LogP contribution in [0.3, 0.4) is 0 Å². The van der Waals surface area contributed by atoms with Crippen LogP contribution in [-0.2, 0) is 11.2 Å². The van der Waals surface area contributed by atoms with Gasteiger partial charge in [-0.25, -0.2) is 0 Å². The number of carbonyl (C=O) groups excluding carboxylic acids is 1. The second kappa shape index (κ2) is 6.57. The molecule has 20 heavy (non-hydrogen) atoms. The van der Waals surface area contributed by atoms with Crippen LogP contribution in [0.4, 0.5) is 0 Å². The first kappa shape index (κ1) is 14.6. The summed E-state index contributed by atoms with van der Waals surface area (Å²) in [7, 11) is 0. The highest BCUT2D eigenvalue weighted by molar-refractivity contribution is 5.85. The van der Waals surface area contributed by atoms with Gasteiger partial charge in [-0.3, -0.25) is 4.79 Å². The van der Waals surface area contributed by atoms with Gasteiger partial charge in [-0.15, -0.1) is 0 Å². The Labute approximate surface area is 119 Å². The first-order chi connectivity index (χ1) is 9.63. The number of aromatic amines is 1. The van der Waals surface area contributed by atoms with Crippen LogP contribution in [0.1, 0.15) is 26.3 Å². The first-order valence-corrected chi connectivity index (χ1v) is 7.14. The predicted molar refractivity (Wildman–Crippen MR) is 81.1 cm³/mol. The van der Waals surface area contributed by atoms with E-state index in [1.165, 1.54) is 17.9 Å². The van der Waals surface area contributed by atoms with E-state index in [9.17, 15) is 4.79 Å². The Morgan fingerprint density at radius 3 is 2.70 bits per heavy atom. The highest BCUT2D eigenvalue weighted by Gasteiger charge is 2.07. The van der Waals surface area contributed by atoms with Crippen LogP contribution < -0.4 is 4.74 Å². The number of carbonyl (C=O) groups is 1. The maximum atomic E-state index is 11.0. The monoisotopic (exact) mass is 274 g/mol. The number of likely N-dealkylation sites (N-methyl/N-ethyl adjacent to an activating group) is 1. The normalized spacial score (nSPS) is 11.2. The number of fused-ring (bicyclic) bond motifs is 1. The van der Waals surface area contributed by atoms with E-state index in [0.717, 1.165) is 31.6 Å². The van der Waals surface area contributed by atoms with Crippen LogP contribution in [-0.4, -0.2) is 35.5 Å². The molecule has 0 amide bonds. The van der Waals surface area contributed by atoms with Crippen LogP contribution in [0.5, 0.6) is 5.75 Å². The van der Waals surface area contributed by atoms with E-state index in [2.05, 4.69) is 23.7 Å². The van der Waals surface area contributed by atoms with Crippen LogP contribution in [0.15, 0.2) is 24.4 Å². The summed E-state index contributed by atoms with van der Waals surface area (Å²) in [5, 5.41) is 1.20. The van der Waals surface area contributed by atoms with E-state index < -0.39 is 0 Å². The summed E-state index contributed by atoms with van der Waals surface area (Å²) in [5.41, 5.74) is 2.32. The molecule has 2 rings (SSSR count). The van der Waals surface area contributed by atoms with Crippen molar-refractivity contribution in [3.8, 4) is 5.75 Å². The Morgan fingerprint density at radius 2 is 2.05 bits per heavy atom. The molecule has 0 unspecified atom stereocenters. The molecule has 0 spiro atoms. The van der Waals surface area contributed by atoms with Crippen LogP contribution in [0.2, 0.25) is 0 Å². The maximum absolute atomic E-state index is 11.0. The van der Waals surface area contributed by atoms with Gasteiger partial charge >= 0.3 is 5.97 Å². The van der Waals surface area contributed by atoms with Crippen LogP contribution in [0.25, 0.3) is 10.9 Å². The number of esters is 1. The zero-order valence-corrected chi connectivity index (χ0v) is 12.4. The molecule has 0 saturated heterocycles. The zero-order valence-electron chi connectivity index (χ0n) is 12.4. The van der Waals surface area contributed by atoms with Crippen LogP contribution >= 0.6 is 0 Å². The molecule has 0 radical (unpaired) electrons. The molecule has 1 heterocycles. The standard InChI is InChI=1S/C16H22N2O2/c1-4-18(5-2)9-8-13-11-17-16-10-14(20-12(3)19)6-7-15(13)16/h6-7,10-11,17H,4-5,8-9H2,1-3H3. The highest BCUT2D eigenvalue weighted by Crippen LogP contribution is 2.24. The van der Waals surface area contributed by atoms with E-state index in [1.807, 2.05) is 24.4 Å². The quantitative estimate of drug-likeness (QED) is 0.650. The number of hydrogen-bond donors (Lipinski definition) is 1. The van der Waals surface area contributed by atoms with Crippen molar-refractivity contribution in [2.75, 3.05) is 19.6 Å². The molecule has 0 saturated carbocycles. The molecule has 0 atom stereocenters. The van der Waals surface area contributed by atoms with Crippen molar-refractivity contribution in [1.29, 1.82) is 0 Å². The number of aromatic nitrogens is 1. The van der Waals surface area contributed by atoms with Crippen molar-refractivity contribution < 1.29 is 9.53 Å². The van der Waals surface area contributed by atoms with Gasteiger partial charge < -0.3 is 14.6 Å². The van der Waals surface area contributed by atoms with E-state index in [1.54, 1.807) is 0 Å². The van der Waals surface area contributed by atoms with Crippen molar-refractivity contribution in [2.45, 2.75) is 27.2 Å². The van der Waals surface area contributed by atoms with Gasteiger partial charge in [-0.2, -0.15) is 0 Å². The average molecular weight is 274 g/mol. The van der Waals surface area contributed by atoms with E-state index in [-0.39, 0.29) is 5.97 Å². The number of ether oxygens (including phenoxy) is 1. The number of benzene rings is 1. The Bertz CT molecular complexity index is 585. The molecule has 2 aromatic rings. The van der Waals surface area contributed by atoms with Crippen molar-refractivity contribution in [1.82, 2.24) is 9.88 Å². The number of nitrogens with zero attached hydrogens (tertiary/aromatic N) is 1. The summed E-state index contributed by atoms with van der Waals surface area (Å²) >= 11 is 0. The lowest BCUT2D eigenvalue weighted by atomic mass is 10.1. The maximum Gasteiger partial charge on any atom is 0.308 e. The van der Waals surface area contributed by atoms with Crippen molar-refractivity contribution >= 4 is 16.9 Å². The fraction of sp³-hybridized carbons (Fsp3) is 0.438. The van der Waals surface area contributed by atoms with Crippen molar-refractivity contribution in [3.05, 3.63) is 30.0 Å². The highest BCUT2D eigenvalue weighted by atomic mass is 16.5. The van der Waals surface area contributed by atoms with Gasteiger partial charge in [-0.05, 0) is 37.2 Å². The minimum absolute atomic E-state index is 0.294. The fourth-order valence-electron chi connectivity index (χ4n) is 2.42. The molecule has 108 valence electrons. The molecule has 0 bridgehead atoms. The van der Waals surface area contributed by atoms with Gasteiger partial charge in [0.2, 0.25) is 0 Å².